The van der Waals surface area contributed by atoms with E-state index in [2.05, 4.69) is 27.7 Å². The molecule has 24 heavy (non-hydrogen) atoms. The first-order valence-electron chi connectivity index (χ1n) is 11.5. The lowest BCUT2D eigenvalue weighted by molar-refractivity contribution is -0.0850. The largest absolute Gasteiger partial charge is 0.0654 e. The second-order valence-corrected chi connectivity index (χ2v) is 10.6. The first kappa shape index (κ1) is 18.8. The third kappa shape index (κ3) is 4.21. The summed E-state index contributed by atoms with van der Waals surface area (Å²) < 4.78 is 0. The van der Waals surface area contributed by atoms with Crippen LogP contribution in [0.3, 0.4) is 0 Å². The Labute approximate surface area is 152 Å². The van der Waals surface area contributed by atoms with Gasteiger partial charge in [0.15, 0.2) is 0 Å². The van der Waals surface area contributed by atoms with E-state index in [1.807, 2.05) is 0 Å². The summed E-state index contributed by atoms with van der Waals surface area (Å²) in [5.41, 5.74) is 0.809. The summed E-state index contributed by atoms with van der Waals surface area (Å²) in [6.45, 7) is 9.60. The van der Waals surface area contributed by atoms with E-state index in [-0.39, 0.29) is 0 Å². The average Bonchev–Trinajstić information content (AvgIpc) is 3.06. The molecule has 0 spiro atoms. The SMILES string of the molecule is CC(C)C1CCCC1.CCCCC(C)C12CC3CC(CC(C3)C1)C2. The van der Waals surface area contributed by atoms with E-state index in [1.165, 1.54) is 44.9 Å². The Bertz CT molecular complexity index is 338. The van der Waals surface area contributed by atoms with Crippen LogP contribution in [0.15, 0.2) is 0 Å². The predicted molar refractivity (Wildman–Crippen MR) is 106 cm³/mol. The third-order valence-electron chi connectivity index (χ3n) is 8.46. The molecule has 140 valence electrons. The Kier molecular flexibility index (Phi) is 6.36. The molecule has 0 amide bonds. The summed E-state index contributed by atoms with van der Waals surface area (Å²) in [6.07, 6.45) is 19.9. The summed E-state index contributed by atoms with van der Waals surface area (Å²) in [6, 6.07) is 0. The Morgan fingerprint density at radius 3 is 1.71 bits per heavy atom. The van der Waals surface area contributed by atoms with Crippen LogP contribution >= 0.6 is 0 Å². The smallest absolute Gasteiger partial charge is 0.0264 e. The van der Waals surface area contributed by atoms with Gasteiger partial charge in [0.05, 0.1) is 0 Å². The fourth-order valence-electron chi connectivity index (χ4n) is 7.22. The van der Waals surface area contributed by atoms with E-state index in [4.69, 9.17) is 0 Å². The van der Waals surface area contributed by atoms with Gasteiger partial charge in [0.25, 0.3) is 0 Å². The Balaban J connectivity index is 0.000000179. The minimum absolute atomic E-state index is 0.809. The molecule has 5 fully saturated rings. The molecule has 0 heterocycles. The van der Waals surface area contributed by atoms with E-state index in [0.717, 1.165) is 40.9 Å². The molecule has 0 N–H and O–H groups in total. The van der Waals surface area contributed by atoms with Gasteiger partial charge in [-0.05, 0) is 79.4 Å². The highest BCUT2D eigenvalue weighted by Crippen LogP contribution is 2.63. The minimum Gasteiger partial charge on any atom is -0.0654 e. The summed E-state index contributed by atoms with van der Waals surface area (Å²) >= 11 is 0. The normalized spacial score (nSPS) is 39.1. The molecular formula is C24H44. The van der Waals surface area contributed by atoms with Crippen LogP contribution in [0.4, 0.5) is 0 Å². The number of rotatable bonds is 5. The van der Waals surface area contributed by atoms with Gasteiger partial charge in [-0.15, -0.1) is 0 Å². The van der Waals surface area contributed by atoms with Crippen LogP contribution in [0.1, 0.15) is 111 Å². The summed E-state index contributed by atoms with van der Waals surface area (Å²) in [5.74, 6) is 6.43. The zero-order valence-electron chi connectivity index (χ0n) is 17.2. The highest BCUT2D eigenvalue weighted by Gasteiger charge is 2.52. The van der Waals surface area contributed by atoms with E-state index in [0.29, 0.717) is 0 Å². The molecule has 4 bridgehead atoms. The molecule has 0 aromatic heterocycles. The Morgan fingerprint density at radius 2 is 1.33 bits per heavy atom. The van der Waals surface area contributed by atoms with Gasteiger partial charge in [-0.2, -0.15) is 0 Å². The second kappa shape index (κ2) is 8.13. The van der Waals surface area contributed by atoms with Crippen LogP contribution in [0.25, 0.3) is 0 Å². The van der Waals surface area contributed by atoms with Crippen LogP contribution in [0.2, 0.25) is 0 Å². The Hall–Kier alpha value is 0. The molecule has 0 aromatic rings. The molecule has 1 atom stereocenters. The van der Waals surface area contributed by atoms with Crippen LogP contribution < -0.4 is 0 Å². The molecule has 0 saturated heterocycles. The fraction of sp³-hybridized carbons (Fsp3) is 1.00. The summed E-state index contributed by atoms with van der Waals surface area (Å²) in [5, 5.41) is 0. The highest BCUT2D eigenvalue weighted by molar-refractivity contribution is 5.03. The number of hydrogen-bond donors (Lipinski definition) is 0. The van der Waals surface area contributed by atoms with Crippen LogP contribution in [0, 0.1) is 40.9 Å². The highest BCUT2D eigenvalue weighted by atomic mass is 14.6. The van der Waals surface area contributed by atoms with Crippen molar-refractivity contribution < 1.29 is 0 Å². The minimum atomic E-state index is 0.809. The molecule has 5 aliphatic carbocycles. The molecule has 0 aromatic carbocycles. The zero-order chi connectivity index (χ0) is 17.2. The molecule has 0 heteroatoms. The average molecular weight is 333 g/mol. The van der Waals surface area contributed by atoms with E-state index < -0.39 is 0 Å². The van der Waals surface area contributed by atoms with Crippen molar-refractivity contribution in [1.82, 2.24) is 0 Å². The topological polar surface area (TPSA) is 0 Å². The monoisotopic (exact) mass is 332 g/mol. The molecule has 0 nitrogen and oxygen atoms in total. The van der Waals surface area contributed by atoms with Gasteiger partial charge in [0.1, 0.15) is 0 Å². The van der Waals surface area contributed by atoms with Crippen molar-refractivity contribution in [2.45, 2.75) is 111 Å². The van der Waals surface area contributed by atoms with Crippen molar-refractivity contribution >= 4 is 0 Å². The van der Waals surface area contributed by atoms with Crippen molar-refractivity contribution in [3.8, 4) is 0 Å². The summed E-state index contributed by atoms with van der Waals surface area (Å²) in [7, 11) is 0. The van der Waals surface area contributed by atoms with Gasteiger partial charge in [-0.1, -0.05) is 72.6 Å². The fourth-order valence-corrected chi connectivity index (χ4v) is 7.22. The maximum Gasteiger partial charge on any atom is -0.0264 e. The second-order valence-electron chi connectivity index (χ2n) is 10.6. The van der Waals surface area contributed by atoms with Crippen molar-refractivity contribution in [1.29, 1.82) is 0 Å². The first-order valence-corrected chi connectivity index (χ1v) is 11.5. The molecule has 0 aliphatic heterocycles. The lowest BCUT2D eigenvalue weighted by atomic mass is 9.46. The first-order chi connectivity index (χ1) is 11.5. The lowest BCUT2D eigenvalue weighted by Gasteiger charge is -2.59. The van der Waals surface area contributed by atoms with Crippen molar-refractivity contribution in [3.05, 3.63) is 0 Å². The molecule has 5 saturated carbocycles. The number of hydrogen-bond acceptors (Lipinski definition) is 0. The lowest BCUT2D eigenvalue weighted by Crippen LogP contribution is -2.49. The predicted octanol–water partition coefficient (Wildman–Crippen LogP) is 7.86. The maximum atomic E-state index is 2.57. The number of unbranched alkanes of at least 4 members (excludes halogenated alkanes) is 1. The van der Waals surface area contributed by atoms with Crippen LogP contribution in [0.5, 0.6) is 0 Å². The van der Waals surface area contributed by atoms with E-state index >= 15 is 0 Å². The third-order valence-corrected chi connectivity index (χ3v) is 8.46. The molecule has 1 unspecified atom stereocenters. The summed E-state index contributed by atoms with van der Waals surface area (Å²) in [4.78, 5) is 0. The maximum absolute atomic E-state index is 2.57. The standard InChI is InChI=1S/C16H28.C8H16/c1-3-4-5-12(2)16-9-13-6-14(10-16)8-15(7-13)11-16;1-7(2)8-5-3-4-6-8/h12-15H,3-11H2,1-2H3;7-8H,3-6H2,1-2H3. The zero-order valence-corrected chi connectivity index (χ0v) is 17.2. The molecule has 0 radical (unpaired) electrons. The van der Waals surface area contributed by atoms with Crippen LogP contribution in [-0.4, -0.2) is 0 Å². The van der Waals surface area contributed by atoms with Crippen molar-refractivity contribution in [3.63, 3.8) is 0 Å². The van der Waals surface area contributed by atoms with Gasteiger partial charge in [-0.3, -0.25) is 0 Å². The Morgan fingerprint density at radius 1 is 0.833 bits per heavy atom. The van der Waals surface area contributed by atoms with E-state index in [1.54, 1.807) is 38.5 Å². The quantitative estimate of drug-likeness (QED) is 0.480. The van der Waals surface area contributed by atoms with E-state index in [9.17, 15) is 0 Å². The van der Waals surface area contributed by atoms with Gasteiger partial charge < -0.3 is 0 Å². The van der Waals surface area contributed by atoms with Crippen molar-refractivity contribution in [2.75, 3.05) is 0 Å². The molecule has 5 rings (SSSR count). The van der Waals surface area contributed by atoms with Gasteiger partial charge in [0.2, 0.25) is 0 Å². The molecule has 5 aliphatic rings. The van der Waals surface area contributed by atoms with Gasteiger partial charge in [0, 0.05) is 0 Å². The van der Waals surface area contributed by atoms with Gasteiger partial charge >= 0.3 is 0 Å². The van der Waals surface area contributed by atoms with Crippen LogP contribution in [-0.2, 0) is 0 Å². The molecular weight excluding hydrogens is 288 g/mol. The van der Waals surface area contributed by atoms with Crippen molar-refractivity contribution in [2.24, 2.45) is 40.9 Å². The van der Waals surface area contributed by atoms with Gasteiger partial charge in [-0.25, -0.2) is 0 Å².